The molecule has 1 amide bonds. The maximum Gasteiger partial charge on any atom is 0.305 e. The van der Waals surface area contributed by atoms with Crippen molar-refractivity contribution in [3.8, 4) is 0 Å². The number of nitrogens with two attached hydrogens (primary N) is 1. The van der Waals surface area contributed by atoms with Gasteiger partial charge in [0.1, 0.15) is 6.04 Å². The molecule has 0 aromatic heterocycles. The van der Waals surface area contributed by atoms with E-state index in [1.54, 1.807) is 6.92 Å². The van der Waals surface area contributed by atoms with Gasteiger partial charge in [0.05, 0.1) is 13.0 Å². The van der Waals surface area contributed by atoms with Crippen molar-refractivity contribution in [3.63, 3.8) is 0 Å². The largest absolute Gasteiger partial charge is 0.481 e. The fourth-order valence-electron chi connectivity index (χ4n) is 1.14. The standard InChI is InChI=1S/C9H18N2O4/c1-3-11(5-4-8(12)13)9(14)7(10)6-15-2/h7H,3-6,10H2,1-2H3,(H,12,13). The highest BCUT2D eigenvalue weighted by molar-refractivity contribution is 5.82. The van der Waals surface area contributed by atoms with Crippen molar-refractivity contribution in [2.75, 3.05) is 26.8 Å². The number of nitrogens with zero attached hydrogens (tertiary/aromatic N) is 1. The van der Waals surface area contributed by atoms with Gasteiger partial charge in [0.2, 0.25) is 5.91 Å². The SMILES string of the molecule is CCN(CCC(=O)O)C(=O)C(N)COC. The summed E-state index contributed by atoms with van der Waals surface area (Å²) in [5, 5.41) is 8.49. The molecule has 0 aromatic rings. The van der Waals surface area contributed by atoms with Crippen molar-refractivity contribution in [2.24, 2.45) is 5.73 Å². The molecule has 1 atom stereocenters. The van der Waals surface area contributed by atoms with Crippen LogP contribution in [0.25, 0.3) is 0 Å². The van der Waals surface area contributed by atoms with E-state index in [4.69, 9.17) is 15.6 Å². The zero-order chi connectivity index (χ0) is 11.8. The second kappa shape index (κ2) is 7.19. The molecule has 0 aliphatic rings. The van der Waals surface area contributed by atoms with Crippen LogP contribution in [0.5, 0.6) is 0 Å². The summed E-state index contributed by atoms with van der Waals surface area (Å²) < 4.78 is 4.76. The van der Waals surface area contributed by atoms with Crippen LogP contribution in [-0.2, 0) is 14.3 Å². The van der Waals surface area contributed by atoms with E-state index in [9.17, 15) is 9.59 Å². The van der Waals surface area contributed by atoms with Crippen molar-refractivity contribution in [2.45, 2.75) is 19.4 Å². The smallest absolute Gasteiger partial charge is 0.305 e. The Hall–Kier alpha value is -1.14. The summed E-state index contributed by atoms with van der Waals surface area (Å²) >= 11 is 0. The Morgan fingerprint density at radius 1 is 1.53 bits per heavy atom. The summed E-state index contributed by atoms with van der Waals surface area (Å²) in [6.45, 7) is 2.55. The quantitative estimate of drug-likeness (QED) is 0.588. The van der Waals surface area contributed by atoms with Gasteiger partial charge in [-0.05, 0) is 6.92 Å². The van der Waals surface area contributed by atoms with Gasteiger partial charge >= 0.3 is 5.97 Å². The predicted octanol–water partition coefficient (Wildman–Crippen LogP) is -0.717. The average Bonchev–Trinajstić information content (AvgIpc) is 2.18. The molecule has 0 fully saturated rings. The highest BCUT2D eigenvalue weighted by Gasteiger charge is 2.19. The normalized spacial score (nSPS) is 12.2. The van der Waals surface area contributed by atoms with Gasteiger partial charge in [0.25, 0.3) is 0 Å². The molecule has 0 aromatic carbocycles. The molecule has 0 saturated heterocycles. The molecule has 1 unspecified atom stereocenters. The van der Waals surface area contributed by atoms with Crippen LogP contribution in [0.1, 0.15) is 13.3 Å². The van der Waals surface area contributed by atoms with Crippen molar-refractivity contribution in [1.29, 1.82) is 0 Å². The van der Waals surface area contributed by atoms with Crippen LogP contribution in [0.4, 0.5) is 0 Å². The van der Waals surface area contributed by atoms with Crippen LogP contribution in [0.15, 0.2) is 0 Å². The Kier molecular flexibility index (Phi) is 6.64. The van der Waals surface area contributed by atoms with Crippen molar-refractivity contribution < 1.29 is 19.4 Å². The molecule has 6 heteroatoms. The van der Waals surface area contributed by atoms with Gasteiger partial charge < -0.3 is 20.5 Å². The van der Waals surface area contributed by atoms with E-state index in [0.717, 1.165) is 0 Å². The van der Waals surface area contributed by atoms with E-state index in [2.05, 4.69) is 0 Å². The van der Waals surface area contributed by atoms with E-state index in [1.807, 2.05) is 0 Å². The zero-order valence-corrected chi connectivity index (χ0v) is 9.10. The molecule has 0 spiro atoms. The van der Waals surface area contributed by atoms with Gasteiger partial charge in [0.15, 0.2) is 0 Å². The monoisotopic (exact) mass is 218 g/mol. The Morgan fingerprint density at radius 3 is 2.53 bits per heavy atom. The van der Waals surface area contributed by atoms with E-state index in [1.165, 1.54) is 12.0 Å². The van der Waals surface area contributed by atoms with Crippen molar-refractivity contribution in [1.82, 2.24) is 4.90 Å². The van der Waals surface area contributed by atoms with E-state index >= 15 is 0 Å². The summed E-state index contributed by atoms with van der Waals surface area (Å²) in [6.07, 6.45) is -0.0702. The Morgan fingerprint density at radius 2 is 2.13 bits per heavy atom. The van der Waals surface area contributed by atoms with Gasteiger partial charge in [-0.3, -0.25) is 9.59 Å². The second-order valence-electron chi connectivity index (χ2n) is 3.12. The number of carbonyl (C=O) groups excluding carboxylic acids is 1. The Balaban J connectivity index is 4.14. The average molecular weight is 218 g/mol. The van der Waals surface area contributed by atoms with Gasteiger partial charge in [-0.15, -0.1) is 0 Å². The summed E-state index contributed by atoms with van der Waals surface area (Å²) in [4.78, 5) is 23.4. The highest BCUT2D eigenvalue weighted by Crippen LogP contribution is 1.96. The number of rotatable bonds is 7. The van der Waals surface area contributed by atoms with Crippen molar-refractivity contribution in [3.05, 3.63) is 0 Å². The molecule has 15 heavy (non-hydrogen) atoms. The molecule has 0 saturated carbocycles. The predicted molar refractivity (Wildman–Crippen MR) is 54.4 cm³/mol. The molecule has 0 bridgehead atoms. The third-order valence-electron chi connectivity index (χ3n) is 1.95. The molecule has 3 N–H and O–H groups in total. The van der Waals surface area contributed by atoms with Gasteiger partial charge in [-0.1, -0.05) is 0 Å². The lowest BCUT2D eigenvalue weighted by Gasteiger charge is -2.23. The number of carbonyl (C=O) groups is 2. The number of hydrogen-bond acceptors (Lipinski definition) is 4. The number of ether oxygens (including phenoxy) is 1. The molecular formula is C9H18N2O4. The number of aliphatic carboxylic acids is 1. The van der Waals surface area contributed by atoms with Gasteiger partial charge in [0, 0.05) is 20.2 Å². The second-order valence-corrected chi connectivity index (χ2v) is 3.12. The number of hydrogen-bond donors (Lipinski definition) is 2. The Labute approximate surface area is 89.0 Å². The summed E-state index contributed by atoms with van der Waals surface area (Å²) in [6, 6.07) is -0.719. The van der Waals surface area contributed by atoms with Crippen molar-refractivity contribution >= 4 is 11.9 Å². The highest BCUT2D eigenvalue weighted by atomic mass is 16.5. The molecule has 0 heterocycles. The van der Waals surface area contributed by atoms with Crippen LogP contribution in [0.3, 0.4) is 0 Å². The third kappa shape index (κ3) is 5.34. The number of carboxylic acid groups (broad SMARTS) is 1. The van der Waals surface area contributed by atoms with E-state index < -0.39 is 12.0 Å². The molecule has 0 rings (SSSR count). The molecule has 0 radical (unpaired) electrons. The molecular weight excluding hydrogens is 200 g/mol. The minimum Gasteiger partial charge on any atom is -0.481 e. The molecule has 0 aliphatic heterocycles. The lowest BCUT2D eigenvalue weighted by atomic mass is 10.2. The first kappa shape index (κ1) is 13.9. The van der Waals surface area contributed by atoms with Crippen LogP contribution in [0, 0.1) is 0 Å². The summed E-state index contributed by atoms with van der Waals surface area (Å²) in [5.41, 5.74) is 5.55. The lowest BCUT2D eigenvalue weighted by molar-refractivity contribution is -0.139. The topological polar surface area (TPSA) is 92.9 Å². The fourth-order valence-corrected chi connectivity index (χ4v) is 1.14. The molecule has 0 aliphatic carbocycles. The number of methoxy groups -OCH3 is 1. The minimum atomic E-state index is -0.929. The number of carboxylic acids is 1. The van der Waals surface area contributed by atoms with E-state index in [0.29, 0.717) is 6.54 Å². The minimum absolute atomic E-state index is 0.0702. The van der Waals surface area contributed by atoms with E-state index in [-0.39, 0.29) is 25.5 Å². The first-order valence-corrected chi connectivity index (χ1v) is 4.78. The number of likely N-dealkylation sites (N-methyl/N-ethyl adjacent to an activating group) is 1. The van der Waals surface area contributed by atoms with Crippen LogP contribution >= 0.6 is 0 Å². The molecule has 6 nitrogen and oxygen atoms in total. The fraction of sp³-hybridized carbons (Fsp3) is 0.778. The van der Waals surface area contributed by atoms with Crippen LogP contribution < -0.4 is 5.73 Å². The third-order valence-corrected chi connectivity index (χ3v) is 1.95. The lowest BCUT2D eigenvalue weighted by Crippen LogP contribution is -2.46. The Bertz CT molecular complexity index is 220. The van der Waals surface area contributed by atoms with Gasteiger partial charge in [-0.25, -0.2) is 0 Å². The maximum absolute atomic E-state index is 11.6. The van der Waals surface area contributed by atoms with Crippen LogP contribution in [0.2, 0.25) is 0 Å². The van der Waals surface area contributed by atoms with Crippen LogP contribution in [-0.4, -0.2) is 54.7 Å². The maximum atomic E-state index is 11.6. The summed E-state index contributed by atoms with van der Waals surface area (Å²) in [7, 11) is 1.46. The first-order valence-electron chi connectivity index (χ1n) is 4.78. The first-order chi connectivity index (χ1) is 7.02. The van der Waals surface area contributed by atoms with Gasteiger partial charge in [-0.2, -0.15) is 0 Å². The number of amides is 1. The summed E-state index contributed by atoms with van der Waals surface area (Å²) in [5.74, 6) is -1.21. The zero-order valence-electron chi connectivity index (χ0n) is 9.10. The molecule has 88 valence electrons.